The first-order valence-corrected chi connectivity index (χ1v) is 9.03. The number of aromatic nitrogens is 2. The number of imidazole rings is 1. The largest absolute Gasteiger partial charge is 0.494 e. The smallest absolute Gasteiger partial charge is 0.406 e. The van der Waals surface area contributed by atoms with E-state index < -0.39 is 12.7 Å². The Hall–Kier alpha value is -2.02. The van der Waals surface area contributed by atoms with Gasteiger partial charge in [-0.25, -0.2) is 4.98 Å². The van der Waals surface area contributed by atoms with Crippen LogP contribution in [0.5, 0.6) is 5.75 Å². The van der Waals surface area contributed by atoms with Gasteiger partial charge in [0.2, 0.25) is 0 Å². The van der Waals surface area contributed by atoms with Crippen molar-refractivity contribution in [1.29, 1.82) is 0 Å². The van der Waals surface area contributed by atoms with E-state index in [1.165, 1.54) is 18.0 Å². The van der Waals surface area contributed by atoms with Crippen molar-refractivity contribution in [1.82, 2.24) is 14.5 Å². The Morgan fingerprint density at radius 1 is 1.11 bits per heavy atom. The van der Waals surface area contributed by atoms with Gasteiger partial charge in [-0.05, 0) is 36.6 Å². The molecule has 0 aliphatic rings. The first-order chi connectivity index (χ1) is 12.5. The van der Waals surface area contributed by atoms with E-state index in [2.05, 4.69) is 37.9 Å². The summed E-state index contributed by atoms with van der Waals surface area (Å²) in [6, 6.07) is 8.08. The van der Waals surface area contributed by atoms with Crippen LogP contribution in [0.2, 0.25) is 0 Å². The number of nitrogens with zero attached hydrogens (tertiary/aromatic N) is 3. The van der Waals surface area contributed by atoms with Crippen LogP contribution >= 0.6 is 0 Å². The van der Waals surface area contributed by atoms with Crippen LogP contribution in [-0.4, -0.2) is 40.8 Å². The van der Waals surface area contributed by atoms with Gasteiger partial charge in [-0.15, -0.1) is 0 Å². The van der Waals surface area contributed by atoms with Crippen molar-refractivity contribution in [3.05, 3.63) is 48.0 Å². The molecular weight excluding hydrogens is 355 g/mol. The van der Waals surface area contributed by atoms with Crippen molar-refractivity contribution in [3.8, 4) is 5.75 Å². The zero-order valence-corrected chi connectivity index (χ0v) is 16.4. The third kappa shape index (κ3) is 7.25. The Kier molecular flexibility index (Phi) is 6.92. The van der Waals surface area contributed by atoms with E-state index in [0.717, 1.165) is 16.7 Å². The quantitative estimate of drug-likeness (QED) is 0.622. The Morgan fingerprint density at radius 3 is 2.37 bits per heavy atom. The van der Waals surface area contributed by atoms with Crippen LogP contribution in [0.3, 0.4) is 0 Å². The molecule has 0 N–H and O–H groups in total. The molecule has 7 heteroatoms. The van der Waals surface area contributed by atoms with E-state index in [4.69, 9.17) is 4.74 Å². The number of rotatable bonds is 8. The van der Waals surface area contributed by atoms with Crippen LogP contribution in [-0.2, 0) is 18.5 Å². The summed E-state index contributed by atoms with van der Waals surface area (Å²) in [5, 5.41) is 0. The monoisotopic (exact) mass is 383 g/mol. The molecule has 0 saturated carbocycles. The van der Waals surface area contributed by atoms with Crippen LogP contribution in [0.4, 0.5) is 13.2 Å². The minimum atomic E-state index is -4.25. The lowest BCUT2D eigenvalue weighted by Gasteiger charge is -2.19. The van der Waals surface area contributed by atoms with Crippen molar-refractivity contribution in [3.63, 3.8) is 0 Å². The summed E-state index contributed by atoms with van der Waals surface area (Å²) in [5.41, 5.74) is 1.36. The molecule has 0 saturated heterocycles. The minimum absolute atomic E-state index is 0.110. The molecule has 0 aliphatic carbocycles. The maximum Gasteiger partial charge on any atom is 0.406 e. The van der Waals surface area contributed by atoms with Crippen molar-refractivity contribution in [2.24, 2.45) is 0 Å². The van der Waals surface area contributed by atoms with Gasteiger partial charge in [0.25, 0.3) is 0 Å². The Morgan fingerprint density at radius 2 is 1.78 bits per heavy atom. The number of benzene rings is 1. The average Bonchev–Trinajstić information content (AvgIpc) is 2.96. The normalized spacial score (nSPS) is 12.6. The lowest BCUT2D eigenvalue weighted by Crippen LogP contribution is -2.25. The highest BCUT2D eigenvalue weighted by atomic mass is 19.4. The van der Waals surface area contributed by atoms with Gasteiger partial charge in [0, 0.05) is 18.9 Å². The van der Waals surface area contributed by atoms with Gasteiger partial charge < -0.3 is 9.30 Å². The van der Waals surface area contributed by atoms with Crippen LogP contribution in [0, 0.1) is 0 Å². The number of hydrogen-bond donors (Lipinski definition) is 0. The molecule has 2 rings (SSSR count). The maximum atomic E-state index is 12.6. The van der Waals surface area contributed by atoms with Gasteiger partial charge in [-0.2, -0.15) is 13.2 Å². The van der Waals surface area contributed by atoms with Crippen LogP contribution in [0.15, 0.2) is 36.7 Å². The molecule has 150 valence electrons. The fourth-order valence-electron chi connectivity index (χ4n) is 2.72. The second-order valence-electron chi connectivity index (χ2n) is 7.80. The van der Waals surface area contributed by atoms with Gasteiger partial charge in [0.15, 0.2) is 0 Å². The molecule has 0 amide bonds. The predicted octanol–water partition coefficient (Wildman–Crippen LogP) is 4.64. The van der Waals surface area contributed by atoms with E-state index in [1.807, 2.05) is 24.1 Å². The molecule has 0 unspecified atom stereocenters. The van der Waals surface area contributed by atoms with E-state index >= 15 is 0 Å². The Labute approximate surface area is 159 Å². The van der Waals surface area contributed by atoms with Crippen LogP contribution in [0.1, 0.15) is 38.6 Å². The average molecular weight is 383 g/mol. The van der Waals surface area contributed by atoms with Gasteiger partial charge >= 0.3 is 6.18 Å². The highest BCUT2D eigenvalue weighted by Gasteiger charge is 2.28. The molecule has 27 heavy (non-hydrogen) atoms. The molecule has 1 aromatic heterocycles. The van der Waals surface area contributed by atoms with Crippen LogP contribution in [0.25, 0.3) is 0 Å². The Balaban J connectivity index is 1.74. The van der Waals surface area contributed by atoms with E-state index in [-0.39, 0.29) is 5.41 Å². The molecule has 0 aliphatic heterocycles. The van der Waals surface area contributed by atoms with Gasteiger partial charge in [-0.1, -0.05) is 32.9 Å². The van der Waals surface area contributed by atoms with Crippen LogP contribution < -0.4 is 4.74 Å². The zero-order valence-electron chi connectivity index (χ0n) is 16.4. The lowest BCUT2D eigenvalue weighted by molar-refractivity contribution is -0.141. The topological polar surface area (TPSA) is 30.3 Å². The summed E-state index contributed by atoms with van der Waals surface area (Å²) in [6.45, 7) is 7.11. The molecule has 0 spiro atoms. The summed E-state index contributed by atoms with van der Waals surface area (Å²) >= 11 is 0. The standard InChI is InChI=1S/C20H28F3N3O/c1-19(2,3)16-6-8-17(9-7-16)27-13-5-11-25(4)14-18-24-10-12-26(18)15-20(21,22)23/h6-10,12H,5,11,13-15H2,1-4H3. The van der Waals surface area contributed by atoms with Gasteiger partial charge in [0.05, 0.1) is 13.2 Å². The predicted molar refractivity (Wildman–Crippen MR) is 99.9 cm³/mol. The van der Waals surface area contributed by atoms with Crippen molar-refractivity contribution in [2.45, 2.75) is 51.9 Å². The lowest BCUT2D eigenvalue weighted by atomic mass is 9.87. The molecule has 1 aromatic carbocycles. The second-order valence-corrected chi connectivity index (χ2v) is 7.80. The summed E-state index contributed by atoms with van der Waals surface area (Å²) in [7, 11) is 1.87. The molecule has 0 fully saturated rings. The highest BCUT2D eigenvalue weighted by Crippen LogP contribution is 2.24. The molecule has 4 nitrogen and oxygen atoms in total. The summed E-state index contributed by atoms with van der Waals surface area (Å²) in [4.78, 5) is 5.98. The number of hydrogen-bond acceptors (Lipinski definition) is 3. The fourth-order valence-corrected chi connectivity index (χ4v) is 2.72. The summed E-state index contributed by atoms with van der Waals surface area (Å²) in [5.74, 6) is 1.24. The molecule has 0 bridgehead atoms. The van der Waals surface area contributed by atoms with Gasteiger partial charge in [0.1, 0.15) is 18.1 Å². The van der Waals surface area contributed by atoms with Crippen molar-refractivity contribution >= 4 is 0 Å². The van der Waals surface area contributed by atoms with Crippen molar-refractivity contribution < 1.29 is 17.9 Å². The molecule has 1 heterocycles. The second kappa shape index (κ2) is 8.78. The van der Waals surface area contributed by atoms with Crippen molar-refractivity contribution in [2.75, 3.05) is 20.2 Å². The van der Waals surface area contributed by atoms with E-state index in [0.29, 0.717) is 25.5 Å². The van der Waals surface area contributed by atoms with E-state index in [1.54, 1.807) is 0 Å². The first kappa shape index (κ1) is 21.3. The maximum absolute atomic E-state index is 12.6. The third-order valence-electron chi connectivity index (χ3n) is 4.24. The molecule has 0 atom stereocenters. The fraction of sp³-hybridized carbons (Fsp3) is 0.550. The number of alkyl halides is 3. The van der Waals surface area contributed by atoms with Gasteiger partial charge in [-0.3, -0.25) is 4.90 Å². The SMILES string of the molecule is CN(CCCOc1ccc(C(C)(C)C)cc1)Cc1nccn1CC(F)(F)F. The summed E-state index contributed by atoms with van der Waals surface area (Å²) in [6.07, 6.45) is -0.706. The number of ether oxygens (including phenoxy) is 1. The molecular formula is C20H28F3N3O. The first-order valence-electron chi connectivity index (χ1n) is 9.03. The summed E-state index contributed by atoms with van der Waals surface area (Å²) < 4.78 is 44.6. The Bertz CT molecular complexity index is 702. The third-order valence-corrected chi connectivity index (χ3v) is 4.24. The molecule has 0 radical (unpaired) electrons. The van der Waals surface area contributed by atoms with E-state index in [9.17, 15) is 13.2 Å². The minimum Gasteiger partial charge on any atom is -0.494 e. The highest BCUT2D eigenvalue weighted by molar-refractivity contribution is 5.31. The molecule has 2 aromatic rings. The number of halogens is 3. The zero-order chi connectivity index (χ0) is 20.1.